The Labute approximate surface area is 199 Å². The fourth-order valence-electron chi connectivity index (χ4n) is 4.00. The van der Waals surface area contributed by atoms with Gasteiger partial charge in [-0.25, -0.2) is 0 Å². The molecule has 0 saturated carbocycles. The van der Waals surface area contributed by atoms with Crippen molar-refractivity contribution in [3.63, 3.8) is 0 Å². The summed E-state index contributed by atoms with van der Waals surface area (Å²) in [4.78, 5) is 29.2. The van der Waals surface area contributed by atoms with Crippen molar-refractivity contribution < 1.29 is 19.1 Å². The van der Waals surface area contributed by atoms with Gasteiger partial charge in [0.25, 0.3) is 5.91 Å². The molecule has 1 saturated heterocycles. The molecule has 8 nitrogen and oxygen atoms in total. The first-order chi connectivity index (χ1) is 15.9. The minimum absolute atomic E-state index is 0.0346. The maximum atomic E-state index is 12.9. The summed E-state index contributed by atoms with van der Waals surface area (Å²) >= 11 is 6.02. The Kier molecular flexibility index (Phi) is 8.79. The zero-order valence-corrected chi connectivity index (χ0v) is 19.8. The summed E-state index contributed by atoms with van der Waals surface area (Å²) in [6.45, 7) is 4.26. The van der Waals surface area contributed by atoms with E-state index in [0.29, 0.717) is 35.3 Å². The van der Waals surface area contributed by atoms with Crippen LogP contribution in [0.2, 0.25) is 5.02 Å². The summed E-state index contributed by atoms with van der Waals surface area (Å²) in [5, 5.41) is 3.28. The van der Waals surface area contributed by atoms with Gasteiger partial charge in [0.1, 0.15) is 0 Å². The number of amides is 2. The Hall–Kier alpha value is -2.97. The van der Waals surface area contributed by atoms with Crippen LogP contribution in [0.4, 0.5) is 11.4 Å². The predicted molar refractivity (Wildman–Crippen MR) is 130 cm³/mol. The topological polar surface area (TPSA) is 97.1 Å². The molecule has 1 aliphatic rings. The number of nitrogens with two attached hydrogens (primary N) is 1. The van der Waals surface area contributed by atoms with E-state index < -0.39 is 0 Å². The van der Waals surface area contributed by atoms with Crippen molar-refractivity contribution in [2.24, 2.45) is 0 Å². The molecule has 0 atom stereocenters. The molecule has 0 bridgehead atoms. The van der Waals surface area contributed by atoms with Gasteiger partial charge >= 0.3 is 0 Å². The van der Waals surface area contributed by atoms with E-state index in [0.717, 1.165) is 31.6 Å². The van der Waals surface area contributed by atoms with Gasteiger partial charge < -0.3 is 25.4 Å². The fourth-order valence-corrected chi connectivity index (χ4v) is 4.15. The molecule has 33 heavy (non-hydrogen) atoms. The van der Waals surface area contributed by atoms with Crippen molar-refractivity contribution in [1.29, 1.82) is 0 Å². The van der Waals surface area contributed by atoms with Crippen LogP contribution in [0.5, 0.6) is 11.5 Å². The number of carbonyl (C=O) groups excluding carboxylic acids is 2. The molecule has 0 spiro atoms. The lowest BCUT2D eigenvalue weighted by atomic mass is 10.0. The Morgan fingerprint density at radius 2 is 1.88 bits per heavy atom. The molecule has 3 rings (SSSR count). The van der Waals surface area contributed by atoms with E-state index in [4.69, 9.17) is 26.8 Å². The lowest BCUT2D eigenvalue weighted by Gasteiger charge is -2.37. The number of nitrogen functional groups attached to an aromatic ring is 1. The number of halogens is 1. The smallest absolute Gasteiger partial charge is 0.260 e. The minimum Gasteiger partial charge on any atom is -0.493 e. The van der Waals surface area contributed by atoms with Gasteiger partial charge in [-0.3, -0.25) is 14.5 Å². The monoisotopic (exact) mass is 474 g/mol. The van der Waals surface area contributed by atoms with E-state index in [1.807, 2.05) is 42.2 Å². The summed E-state index contributed by atoms with van der Waals surface area (Å²) in [5.41, 5.74) is 7.00. The van der Waals surface area contributed by atoms with Crippen molar-refractivity contribution in [1.82, 2.24) is 9.80 Å². The molecule has 0 radical (unpaired) electrons. The van der Waals surface area contributed by atoms with Gasteiger partial charge in [-0.15, -0.1) is 0 Å². The molecule has 1 heterocycles. The van der Waals surface area contributed by atoms with Crippen molar-refractivity contribution >= 4 is 34.8 Å². The molecule has 2 aromatic carbocycles. The van der Waals surface area contributed by atoms with Crippen LogP contribution in [-0.2, 0) is 9.59 Å². The first-order valence-electron chi connectivity index (χ1n) is 11.0. The normalized spacial score (nSPS) is 14.5. The lowest BCUT2D eigenvalue weighted by molar-refractivity contribution is -0.136. The molecule has 2 amide bonds. The fraction of sp³-hybridized carbons (Fsp3) is 0.417. The average Bonchev–Trinajstić information content (AvgIpc) is 2.81. The second-order valence-electron chi connectivity index (χ2n) is 7.91. The molecular weight excluding hydrogens is 444 g/mol. The summed E-state index contributed by atoms with van der Waals surface area (Å²) in [7, 11) is 1.50. The maximum Gasteiger partial charge on any atom is 0.260 e. The van der Waals surface area contributed by atoms with Crippen molar-refractivity contribution in [3.8, 4) is 11.5 Å². The summed E-state index contributed by atoms with van der Waals surface area (Å²) in [5.74, 6) is 0.663. The number of methoxy groups -OCH3 is 1. The average molecular weight is 475 g/mol. The second kappa shape index (κ2) is 11.8. The van der Waals surface area contributed by atoms with Gasteiger partial charge in [-0.05, 0) is 31.9 Å². The first kappa shape index (κ1) is 24.7. The molecular formula is C24H31ClN4O4. The number of ether oxygens (including phenoxy) is 2. The van der Waals surface area contributed by atoms with Crippen LogP contribution in [0.3, 0.4) is 0 Å². The lowest BCUT2D eigenvalue weighted by Crippen LogP contribution is -2.49. The van der Waals surface area contributed by atoms with E-state index in [1.165, 1.54) is 7.11 Å². The largest absolute Gasteiger partial charge is 0.493 e. The number of piperidine rings is 1. The van der Waals surface area contributed by atoms with Gasteiger partial charge in [0, 0.05) is 43.5 Å². The molecule has 0 aromatic heterocycles. The second-order valence-corrected chi connectivity index (χ2v) is 8.32. The van der Waals surface area contributed by atoms with E-state index in [1.54, 1.807) is 12.1 Å². The molecule has 9 heteroatoms. The van der Waals surface area contributed by atoms with Crippen LogP contribution in [-0.4, -0.2) is 67.6 Å². The third kappa shape index (κ3) is 6.76. The van der Waals surface area contributed by atoms with E-state index in [9.17, 15) is 9.59 Å². The maximum absolute atomic E-state index is 12.9. The number of para-hydroxylation sites is 1. The van der Waals surface area contributed by atoms with E-state index in [2.05, 4.69) is 10.2 Å². The molecule has 2 aromatic rings. The molecule has 0 unspecified atom stereocenters. The van der Waals surface area contributed by atoms with Crippen LogP contribution < -0.4 is 20.5 Å². The number of hydrogen-bond acceptors (Lipinski definition) is 6. The van der Waals surface area contributed by atoms with Gasteiger partial charge in [0.15, 0.2) is 18.1 Å². The molecule has 0 aliphatic carbocycles. The Morgan fingerprint density at radius 3 is 2.52 bits per heavy atom. The number of rotatable bonds is 9. The Bertz CT molecular complexity index is 949. The third-order valence-corrected chi connectivity index (χ3v) is 6.05. The van der Waals surface area contributed by atoms with Crippen LogP contribution in [0, 0.1) is 0 Å². The number of benzene rings is 2. The Balaban J connectivity index is 1.49. The van der Waals surface area contributed by atoms with Gasteiger partial charge in [-0.2, -0.15) is 0 Å². The minimum atomic E-state index is -0.120. The number of likely N-dealkylation sites (tertiary alicyclic amines) is 1. The van der Waals surface area contributed by atoms with Crippen LogP contribution >= 0.6 is 11.6 Å². The van der Waals surface area contributed by atoms with Gasteiger partial charge in [0.2, 0.25) is 5.91 Å². The predicted octanol–water partition coefficient (Wildman–Crippen LogP) is 3.26. The Morgan fingerprint density at radius 1 is 1.18 bits per heavy atom. The number of hydrogen-bond donors (Lipinski definition) is 2. The van der Waals surface area contributed by atoms with Gasteiger partial charge in [0.05, 0.1) is 24.4 Å². The highest BCUT2D eigenvalue weighted by Crippen LogP contribution is 2.34. The summed E-state index contributed by atoms with van der Waals surface area (Å²) < 4.78 is 11.0. The van der Waals surface area contributed by atoms with Crippen molar-refractivity contribution in [3.05, 3.63) is 47.5 Å². The number of anilines is 2. The zero-order valence-electron chi connectivity index (χ0n) is 19.1. The number of carbonyl (C=O) groups is 2. The van der Waals surface area contributed by atoms with Crippen LogP contribution in [0.1, 0.15) is 19.8 Å². The SMILES string of the molecule is CCN(C(=O)COc1cc(N)c(Cl)cc1OC)C1CCN(CC(=O)Nc2ccccc2)CC1. The standard InChI is InChI=1S/C24H31ClN4O4/c1-3-29(24(31)16-33-22-14-20(26)19(25)13-21(22)32-2)18-9-11-28(12-10-18)15-23(30)27-17-7-5-4-6-8-17/h4-8,13-14,18H,3,9-12,15-16,26H2,1-2H3,(H,27,30). The van der Waals surface area contributed by atoms with Crippen LogP contribution in [0.25, 0.3) is 0 Å². The summed E-state index contributed by atoms with van der Waals surface area (Å²) in [6.07, 6.45) is 1.60. The zero-order chi connectivity index (χ0) is 23.8. The van der Waals surface area contributed by atoms with E-state index in [-0.39, 0.29) is 24.5 Å². The molecule has 1 fully saturated rings. The molecule has 3 N–H and O–H groups in total. The highest BCUT2D eigenvalue weighted by Gasteiger charge is 2.28. The van der Waals surface area contributed by atoms with E-state index >= 15 is 0 Å². The number of nitrogens with zero attached hydrogens (tertiary/aromatic N) is 2. The summed E-state index contributed by atoms with van der Waals surface area (Å²) in [6, 6.07) is 12.7. The third-order valence-electron chi connectivity index (χ3n) is 5.72. The van der Waals surface area contributed by atoms with Crippen LogP contribution in [0.15, 0.2) is 42.5 Å². The highest BCUT2D eigenvalue weighted by atomic mass is 35.5. The highest BCUT2D eigenvalue weighted by molar-refractivity contribution is 6.33. The van der Waals surface area contributed by atoms with Gasteiger partial charge in [-0.1, -0.05) is 29.8 Å². The molecule has 1 aliphatic heterocycles. The van der Waals surface area contributed by atoms with Crippen molar-refractivity contribution in [2.75, 3.05) is 50.9 Å². The quantitative estimate of drug-likeness (QED) is 0.541. The van der Waals surface area contributed by atoms with Crippen molar-refractivity contribution in [2.45, 2.75) is 25.8 Å². The first-order valence-corrected chi connectivity index (χ1v) is 11.4. The molecule has 178 valence electrons. The number of likely N-dealkylation sites (N-methyl/N-ethyl adjacent to an activating group) is 1. The number of nitrogens with one attached hydrogen (secondary N) is 1.